The van der Waals surface area contributed by atoms with Gasteiger partial charge in [-0.2, -0.15) is 18.4 Å². The van der Waals surface area contributed by atoms with Gasteiger partial charge in [-0.15, -0.1) is 11.3 Å². The van der Waals surface area contributed by atoms with E-state index in [0.717, 1.165) is 11.2 Å². The molecule has 2 aliphatic heterocycles. The lowest BCUT2D eigenvalue weighted by atomic mass is 9.97. The summed E-state index contributed by atoms with van der Waals surface area (Å²) in [5.41, 5.74) is 1.25. The van der Waals surface area contributed by atoms with Crippen LogP contribution in [0.15, 0.2) is 41.1 Å². The number of hydrogen-bond donors (Lipinski definition) is 0. The number of benzene rings is 1. The van der Waals surface area contributed by atoms with Crippen molar-refractivity contribution in [3.8, 4) is 11.9 Å². The summed E-state index contributed by atoms with van der Waals surface area (Å²) in [7, 11) is 0. The lowest BCUT2D eigenvalue weighted by Gasteiger charge is -2.31. The highest BCUT2D eigenvalue weighted by Gasteiger charge is 2.34. The maximum absolute atomic E-state index is 12.8. The third-order valence-corrected chi connectivity index (χ3v) is 7.76. The van der Waals surface area contributed by atoms with E-state index in [9.17, 15) is 23.2 Å². The van der Waals surface area contributed by atoms with Crippen molar-refractivity contribution in [2.24, 2.45) is 5.16 Å². The van der Waals surface area contributed by atoms with Crippen LogP contribution in [0.2, 0.25) is 5.02 Å². The molecule has 1 amide bonds. The molecule has 0 radical (unpaired) electrons. The molecule has 1 atom stereocenters. The van der Waals surface area contributed by atoms with Crippen LogP contribution in [-0.2, 0) is 15.8 Å². The van der Waals surface area contributed by atoms with Crippen molar-refractivity contribution in [3.05, 3.63) is 68.5 Å². The third-order valence-electron chi connectivity index (χ3n) is 6.43. The summed E-state index contributed by atoms with van der Waals surface area (Å²) < 4.78 is 43.5. The van der Waals surface area contributed by atoms with Gasteiger partial charge in [0.25, 0.3) is 5.91 Å². The normalized spacial score (nSPS) is 17.9. The predicted octanol–water partition coefficient (Wildman–Crippen LogP) is 5.13. The Morgan fingerprint density at radius 2 is 2.05 bits per heavy atom. The first-order chi connectivity index (χ1) is 18.7. The van der Waals surface area contributed by atoms with Gasteiger partial charge in [0, 0.05) is 41.4 Å². The number of piperidine rings is 1. The summed E-state index contributed by atoms with van der Waals surface area (Å²) in [4.78, 5) is 31.3. The molecule has 3 aromatic rings. The van der Waals surface area contributed by atoms with E-state index in [1.807, 2.05) is 5.38 Å². The van der Waals surface area contributed by atoms with Gasteiger partial charge in [0.2, 0.25) is 5.88 Å². The molecule has 9 nitrogen and oxygen atoms in total. The van der Waals surface area contributed by atoms with Crippen molar-refractivity contribution in [1.29, 1.82) is 5.26 Å². The van der Waals surface area contributed by atoms with Crippen molar-refractivity contribution in [2.45, 2.75) is 37.5 Å². The second kappa shape index (κ2) is 11.2. The number of nitriles is 1. The van der Waals surface area contributed by atoms with E-state index in [4.69, 9.17) is 26.2 Å². The van der Waals surface area contributed by atoms with Crippen LogP contribution < -0.4 is 4.74 Å². The van der Waals surface area contributed by atoms with Crippen LogP contribution in [-0.4, -0.2) is 51.2 Å². The zero-order valence-electron chi connectivity index (χ0n) is 20.2. The molecule has 0 aliphatic carbocycles. The quantitative estimate of drug-likeness (QED) is 0.400. The first-order valence-corrected chi connectivity index (χ1v) is 13.2. The number of halogens is 4. The Balaban J connectivity index is 1.13. The molecule has 1 saturated heterocycles. The highest BCUT2D eigenvalue weighted by Crippen LogP contribution is 2.37. The van der Waals surface area contributed by atoms with Gasteiger partial charge in [0.1, 0.15) is 5.71 Å². The summed E-state index contributed by atoms with van der Waals surface area (Å²) >= 11 is 7.83. The second-order valence-electron chi connectivity index (χ2n) is 8.90. The number of nitrogens with zero attached hydrogens (tertiary/aromatic N) is 6. The van der Waals surface area contributed by atoms with Crippen molar-refractivity contribution in [3.63, 3.8) is 0 Å². The molecule has 2 aliphatic rings. The van der Waals surface area contributed by atoms with Gasteiger partial charge in [-0.1, -0.05) is 22.8 Å². The summed E-state index contributed by atoms with van der Waals surface area (Å²) in [5, 5.41) is 16.9. The highest BCUT2D eigenvalue weighted by atomic mass is 35.5. The van der Waals surface area contributed by atoms with Gasteiger partial charge in [0.15, 0.2) is 18.4 Å². The number of thiazole rings is 1. The molecule has 0 saturated carbocycles. The fourth-order valence-electron chi connectivity index (χ4n) is 4.41. The number of likely N-dealkylation sites (tertiary alicyclic amines) is 1. The van der Waals surface area contributed by atoms with E-state index in [1.165, 1.54) is 11.3 Å². The van der Waals surface area contributed by atoms with E-state index < -0.39 is 24.6 Å². The van der Waals surface area contributed by atoms with Crippen LogP contribution in [0.1, 0.15) is 58.8 Å². The van der Waals surface area contributed by atoms with E-state index in [0.29, 0.717) is 66.1 Å². The first kappa shape index (κ1) is 26.8. The number of carbonyl (C=O) groups excluding carboxylic acids is 1. The van der Waals surface area contributed by atoms with Crippen LogP contribution in [0.3, 0.4) is 0 Å². The van der Waals surface area contributed by atoms with Gasteiger partial charge < -0.3 is 14.5 Å². The molecule has 1 fully saturated rings. The molecule has 14 heteroatoms. The number of amides is 1. The van der Waals surface area contributed by atoms with Gasteiger partial charge >= 0.3 is 6.18 Å². The maximum Gasteiger partial charge on any atom is 0.435 e. The Morgan fingerprint density at radius 1 is 1.26 bits per heavy atom. The van der Waals surface area contributed by atoms with E-state index in [2.05, 4.69) is 21.2 Å². The van der Waals surface area contributed by atoms with Crippen LogP contribution >= 0.6 is 22.9 Å². The number of aromatic nitrogens is 3. The monoisotopic (exact) mass is 576 g/mol. The third kappa shape index (κ3) is 5.97. The largest absolute Gasteiger partial charge is 0.466 e. The molecule has 0 N–H and O–H groups in total. The molecule has 4 heterocycles. The molecule has 2 aromatic heterocycles. The fraction of sp³-hybridized carbons (Fsp3) is 0.360. The summed E-state index contributed by atoms with van der Waals surface area (Å²) in [5.74, 6) is -0.550. The van der Waals surface area contributed by atoms with Gasteiger partial charge in [-0.25, -0.2) is 9.97 Å². The lowest BCUT2D eigenvalue weighted by molar-refractivity contribution is -0.141. The molecule has 0 bridgehead atoms. The summed E-state index contributed by atoms with van der Waals surface area (Å²) in [6.45, 7) is 0.499. The minimum atomic E-state index is -4.65. The van der Waals surface area contributed by atoms with Crippen molar-refractivity contribution in [1.82, 2.24) is 19.9 Å². The molecule has 5 rings (SSSR count). The van der Waals surface area contributed by atoms with E-state index in [-0.39, 0.29) is 17.7 Å². The van der Waals surface area contributed by atoms with E-state index >= 15 is 0 Å². The topological polar surface area (TPSA) is 114 Å². The van der Waals surface area contributed by atoms with Crippen molar-refractivity contribution < 1.29 is 27.5 Å². The maximum atomic E-state index is 12.8. The zero-order valence-corrected chi connectivity index (χ0v) is 21.8. The Bertz CT molecular complexity index is 1450. The summed E-state index contributed by atoms with van der Waals surface area (Å²) in [6, 6.07) is 7.25. The van der Waals surface area contributed by atoms with Crippen LogP contribution in [0.25, 0.3) is 0 Å². The fourth-order valence-corrected chi connectivity index (χ4v) is 5.71. The van der Waals surface area contributed by atoms with Crippen LogP contribution in [0, 0.1) is 11.3 Å². The van der Waals surface area contributed by atoms with Gasteiger partial charge in [-0.05, 0) is 25.0 Å². The number of alkyl halides is 3. The average molecular weight is 577 g/mol. The summed E-state index contributed by atoms with van der Waals surface area (Å²) in [6.07, 6.45) is -1.69. The molecule has 1 unspecified atom stereocenters. The van der Waals surface area contributed by atoms with Crippen LogP contribution in [0.4, 0.5) is 13.2 Å². The first-order valence-electron chi connectivity index (χ1n) is 11.9. The Morgan fingerprint density at radius 3 is 2.79 bits per heavy atom. The molecule has 1 aromatic carbocycles. The minimum absolute atomic E-state index is 0.149. The minimum Gasteiger partial charge on any atom is -0.466 e. The molecule has 202 valence electrons. The predicted molar refractivity (Wildman–Crippen MR) is 134 cm³/mol. The highest BCUT2D eigenvalue weighted by molar-refractivity contribution is 7.10. The van der Waals surface area contributed by atoms with Crippen molar-refractivity contribution in [2.75, 3.05) is 19.7 Å². The zero-order chi connectivity index (χ0) is 27.6. The molecule has 0 spiro atoms. The number of oxime groups is 1. The van der Waals surface area contributed by atoms with Gasteiger partial charge in [0.05, 0.1) is 34.7 Å². The van der Waals surface area contributed by atoms with Gasteiger partial charge in [-0.3, -0.25) is 9.78 Å². The Kier molecular flexibility index (Phi) is 7.67. The number of hydrogen-bond acceptors (Lipinski definition) is 9. The lowest BCUT2D eigenvalue weighted by Crippen LogP contribution is -2.40. The van der Waals surface area contributed by atoms with Crippen molar-refractivity contribution >= 4 is 34.6 Å². The smallest absolute Gasteiger partial charge is 0.435 e. The molecular formula is C25H20ClF3N6O3S. The Hall–Kier alpha value is -3.76. The number of rotatable bonds is 6. The van der Waals surface area contributed by atoms with Crippen LogP contribution in [0.5, 0.6) is 5.88 Å². The standard InChI is InChI=1S/C25H20ClF3N6O3S/c26-16-3-1-2-15(9-30)23(16)19-8-17(34-38-19)18-13-39-24(32-18)14-4-6-35(7-5-14)22(36)12-37-21-11-31-10-20(33-21)25(27,28)29/h1-3,10-11,13-14,19H,4-8,12H2. The average Bonchev–Trinajstić information content (AvgIpc) is 3.62. The Labute approximate surface area is 229 Å². The SMILES string of the molecule is N#Cc1cccc(Cl)c1C1CC(c2csc(C3CCN(C(=O)COc4cncc(C(F)(F)F)n4)CC3)n2)=NO1. The second-order valence-corrected chi connectivity index (χ2v) is 10.2. The molecular weight excluding hydrogens is 557 g/mol. The number of ether oxygens (including phenoxy) is 1. The number of carbonyl (C=O) groups is 1. The molecule has 39 heavy (non-hydrogen) atoms. The van der Waals surface area contributed by atoms with E-state index in [1.54, 1.807) is 23.1 Å².